The molecule has 1 aliphatic carbocycles. The normalized spacial score (nSPS) is 18.2. The number of para-hydroxylation sites is 1. The second-order valence-corrected chi connectivity index (χ2v) is 8.86. The van der Waals surface area contributed by atoms with E-state index in [1.807, 2.05) is 73.6 Å². The minimum Gasteiger partial charge on any atom is -0.362 e. The first-order valence-electron chi connectivity index (χ1n) is 11.4. The molecule has 0 aliphatic heterocycles. The Bertz CT molecular complexity index is 1300. The van der Waals surface area contributed by atoms with Crippen molar-refractivity contribution in [3.8, 4) is 0 Å². The van der Waals surface area contributed by atoms with Gasteiger partial charge in [-0.1, -0.05) is 18.2 Å². The van der Waals surface area contributed by atoms with Crippen LogP contribution in [-0.4, -0.2) is 47.0 Å². The van der Waals surface area contributed by atoms with Crippen LogP contribution < -0.4 is 15.5 Å². The lowest BCUT2D eigenvalue weighted by molar-refractivity contribution is 0.0926. The molecular formula is C26H28N6O. The monoisotopic (exact) mass is 440 g/mol. The number of anilines is 2. The highest BCUT2D eigenvalue weighted by atomic mass is 16.1. The summed E-state index contributed by atoms with van der Waals surface area (Å²) < 4.78 is 0. The van der Waals surface area contributed by atoms with Crippen molar-refractivity contribution in [2.24, 2.45) is 0 Å². The molecule has 5 rings (SSSR count). The van der Waals surface area contributed by atoms with E-state index in [0.29, 0.717) is 17.6 Å². The number of carbonyl (C=O) groups is 1. The minimum absolute atomic E-state index is 0.0225. The summed E-state index contributed by atoms with van der Waals surface area (Å²) in [6.07, 6.45) is 5.53. The van der Waals surface area contributed by atoms with Gasteiger partial charge in [0.25, 0.3) is 5.91 Å². The number of benzene rings is 2. The van der Waals surface area contributed by atoms with E-state index in [9.17, 15) is 4.79 Å². The molecule has 1 fully saturated rings. The number of hydrogen-bond acceptors (Lipinski definition) is 6. The number of nitrogens with one attached hydrogen (secondary N) is 2. The first-order chi connectivity index (χ1) is 16.1. The molecule has 4 aromatic rings. The van der Waals surface area contributed by atoms with Gasteiger partial charge in [0.15, 0.2) is 0 Å². The average molecular weight is 441 g/mol. The third-order valence-corrected chi connectivity index (χ3v) is 6.27. The Morgan fingerprint density at radius 2 is 1.70 bits per heavy atom. The highest BCUT2D eigenvalue weighted by Crippen LogP contribution is 2.26. The van der Waals surface area contributed by atoms with Crippen LogP contribution in [0.25, 0.3) is 21.8 Å². The number of amides is 1. The van der Waals surface area contributed by atoms with E-state index in [0.717, 1.165) is 53.3 Å². The molecule has 0 radical (unpaired) electrons. The van der Waals surface area contributed by atoms with Crippen LogP contribution >= 0.6 is 0 Å². The van der Waals surface area contributed by atoms with Crippen LogP contribution in [0.5, 0.6) is 0 Å². The first kappa shape index (κ1) is 21.1. The number of hydrogen-bond donors (Lipinski definition) is 2. The predicted octanol–water partition coefficient (Wildman–Crippen LogP) is 4.40. The second-order valence-electron chi connectivity index (χ2n) is 8.86. The molecule has 1 amide bonds. The fourth-order valence-corrected chi connectivity index (χ4v) is 4.52. The van der Waals surface area contributed by atoms with Crippen LogP contribution in [0.1, 0.15) is 36.0 Å². The molecule has 1 aliphatic rings. The zero-order valence-electron chi connectivity index (χ0n) is 19.0. The van der Waals surface area contributed by atoms with E-state index >= 15 is 0 Å². The summed E-state index contributed by atoms with van der Waals surface area (Å²) in [6, 6.07) is 18.1. The van der Waals surface area contributed by atoms with E-state index in [1.165, 1.54) is 0 Å². The van der Waals surface area contributed by atoms with Gasteiger partial charge >= 0.3 is 0 Å². The Kier molecular flexibility index (Phi) is 5.77. The third-order valence-electron chi connectivity index (χ3n) is 6.27. The summed E-state index contributed by atoms with van der Waals surface area (Å²) in [5.74, 6) is 1.55. The molecule has 2 heterocycles. The molecule has 2 aromatic carbocycles. The van der Waals surface area contributed by atoms with Crippen molar-refractivity contribution in [2.75, 3.05) is 24.3 Å². The second kappa shape index (κ2) is 9.02. The van der Waals surface area contributed by atoms with Crippen LogP contribution in [0.4, 0.5) is 11.8 Å². The van der Waals surface area contributed by atoms with Gasteiger partial charge in [-0.05, 0) is 62.1 Å². The van der Waals surface area contributed by atoms with Crippen molar-refractivity contribution in [3.05, 3.63) is 66.4 Å². The quantitative estimate of drug-likeness (QED) is 0.479. The summed E-state index contributed by atoms with van der Waals surface area (Å²) in [4.78, 5) is 28.6. The van der Waals surface area contributed by atoms with Gasteiger partial charge in [-0.25, -0.2) is 4.98 Å². The molecular weight excluding hydrogens is 412 g/mol. The molecule has 2 aromatic heterocycles. The summed E-state index contributed by atoms with van der Waals surface area (Å²) in [6.45, 7) is 0. The Hall–Kier alpha value is -3.74. The molecule has 168 valence electrons. The molecule has 7 nitrogen and oxygen atoms in total. The molecule has 0 bridgehead atoms. The Balaban J connectivity index is 1.21. The van der Waals surface area contributed by atoms with Gasteiger partial charge in [0.05, 0.1) is 11.0 Å². The van der Waals surface area contributed by atoms with Gasteiger partial charge in [-0.3, -0.25) is 9.78 Å². The van der Waals surface area contributed by atoms with Crippen LogP contribution in [-0.2, 0) is 0 Å². The number of pyridine rings is 1. The van der Waals surface area contributed by atoms with Crippen molar-refractivity contribution >= 4 is 39.5 Å². The van der Waals surface area contributed by atoms with Crippen LogP contribution in [0.15, 0.2) is 60.8 Å². The summed E-state index contributed by atoms with van der Waals surface area (Å²) in [5, 5.41) is 8.76. The third kappa shape index (κ3) is 4.58. The molecule has 1 saturated carbocycles. The molecule has 0 atom stereocenters. The minimum atomic E-state index is -0.0225. The number of fused-ring (bicyclic) bond motifs is 2. The van der Waals surface area contributed by atoms with E-state index in [4.69, 9.17) is 9.97 Å². The summed E-state index contributed by atoms with van der Waals surface area (Å²) in [5.41, 5.74) is 2.51. The molecule has 33 heavy (non-hydrogen) atoms. The lowest BCUT2D eigenvalue weighted by Gasteiger charge is -2.30. The maximum atomic E-state index is 12.8. The van der Waals surface area contributed by atoms with Gasteiger partial charge in [0.2, 0.25) is 5.95 Å². The van der Waals surface area contributed by atoms with Crippen LogP contribution in [0, 0.1) is 0 Å². The summed E-state index contributed by atoms with van der Waals surface area (Å²) in [7, 11) is 4.00. The largest absolute Gasteiger partial charge is 0.362 e. The van der Waals surface area contributed by atoms with Crippen molar-refractivity contribution in [1.29, 1.82) is 0 Å². The Morgan fingerprint density at radius 1 is 0.909 bits per heavy atom. The highest BCUT2D eigenvalue weighted by molar-refractivity contribution is 5.98. The van der Waals surface area contributed by atoms with Crippen molar-refractivity contribution in [3.63, 3.8) is 0 Å². The highest BCUT2D eigenvalue weighted by Gasteiger charge is 2.24. The maximum Gasteiger partial charge on any atom is 0.251 e. The van der Waals surface area contributed by atoms with Gasteiger partial charge in [0, 0.05) is 48.7 Å². The van der Waals surface area contributed by atoms with E-state index in [-0.39, 0.29) is 11.9 Å². The Morgan fingerprint density at radius 3 is 2.52 bits per heavy atom. The Labute approximate surface area is 193 Å². The van der Waals surface area contributed by atoms with Gasteiger partial charge in [-0.2, -0.15) is 4.98 Å². The zero-order chi connectivity index (χ0) is 22.8. The standard InChI is InChI=1S/C26H28N6O/c1-32(2)24-21-7-3-4-8-23(21)30-26(31-24)29-20-12-10-19(11-13-20)28-25(33)18-9-14-22-17(16-18)6-5-15-27-22/h3-9,14-16,19-20H,10-13H2,1-2H3,(H,28,33)(H,29,30,31)/t19-,20+. The average Bonchev–Trinajstić information content (AvgIpc) is 2.84. The number of rotatable bonds is 5. The van der Waals surface area contributed by atoms with Gasteiger partial charge in [0.1, 0.15) is 5.82 Å². The molecule has 0 spiro atoms. The fraction of sp³-hybridized carbons (Fsp3) is 0.308. The van der Waals surface area contributed by atoms with Crippen molar-refractivity contribution < 1.29 is 4.79 Å². The number of nitrogens with zero attached hydrogens (tertiary/aromatic N) is 4. The van der Waals surface area contributed by atoms with E-state index in [1.54, 1.807) is 6.20 Å². The smallest absolute Gasteiger partial charge is 0.251 e. The lowest BCUT2D eigenvalue weighted by Crippen LogP contribution is -2.40. The molecule has 7 heteroatoms. The maximum absolute atomic E-state index is 12.8. The number of carbonyl (C=O) groups excluding carboxylic acids is 1. The van der Waals surface area contributed by atoms with Crippen molar-refractivity contribution in [2.45, 2.75) is 37.8 Å². The SMILES string of the molecule is CN(C)c1nc(N[C@H]2CC[C@@H](NC(=O)c3ccc4ncccc4c3)CC2)nc2ccccc12. The lowest BCUT2D eigenvalue weighted by atomic mass is 9.91. The molecule has 0 saturated heterocycles. The topological polar surface area (TPSA) is 83.0 Å². The first-order valence-corrected chi connectivity index (χ1v) is 11.4. The van der Waals surface area contributed by atoms with E-state index < -0.39 is 0 Å². The fourth-order valence-electron chi connectivity index (χ4n) is 4.52. The van der Waals surface area contributed by atoms with Gasteiger partial charge < -0.3 is 15.5 Å². The van der Waals surface area contributed by atoms with Crippen LogP contribution in [0.2, 0.25) is 0 Å². The zero-order valence-corrected chi connectivity index (χ0v) is 19.0. The molecule has 0 unspecified atom stereocenters. The predicted molar refractivity (Wildman–Crippen MR) is 133 cm³/mol. The van der Waals surface area contributed by atoms with Crippen LogP contribution in [0.3, 0.4) is 0 Å². The summed E-state index contributed by atoms with van der Waals surface area (Å²) >= 11 is 0. The van der Waals surface area contributed by atoms with E-state index in [2.05, 4.69) is 15.6 Å². The number of aromatic nitrogens is 3. The molecule has 2 N–H and O–H groups in total. The van der Waals surface area contributed by atoms with Crippen molar-refractivity contribution in [1.82, 2.24) is 20.3 Å². The van der Waals surface area contributed by atoms with Gasteiger partial charge in [-0.15, -0.1) is 0 Å².